The predicted octanol–water partition coefficient (Wildman–Crippen LogP) is 7.01. The molecule has 1 aromatic carbocycles. The van der Waals surface area contributed by atoms with Crippen LogP contribution in [0.2, 0.25) is 18.1 Å². The Morgan fingerprint density at radius 2 is 1.87 bits per heavy atom. The molecule has 3 heterocycles. The van der Waals surface area contributed by atoms with E-state index in [4.69, 9.17) is 9.16 Å². The van der Waals surface area contributed by atoms with Crippen LogP contribution in [0.5, 0.6) is 11.6 Å². The highest BCUT2D eigenvalue weighted by Gasteiger charge is 2.50. The van der Waals surface area contributed by atoms with Gasteiger partial charge in [0.05, 0.1) is 5.56 Å². The zero-order valence-electron chi connectivity index (χ0n) is 29.2. The lowest BCUT2D eigenvalue weighted by molar-refractivity contribution is -0.0348. The van der Waals surface area contributed by atoms with Crippen molar-refractivity contribution in [3.63, 3.8) is 0 Å². The second kappa shape index (κ2) is 14.0. The van der Waals surface area contributed by atoms with Gasteiger partial charge in [0.15, 0.2) is 14.1 Å². The van der Waals surface area contributed by atoms with Gasteiger partial charge in [0.1, 0.15) is 17.9 Å². The molecule has 0 radical (unpaired) electrons. The van der Waals surface area contributed by atoms with E-state index in [1.807, 2.05) is 20.8 Å². The number of ether oxygens (including phenoxy) is 1. The van der Waals surface area contributed by atoms with Gasteiger partial charge < -0.3 is 19.0 Å². The molecular weight excluding hydrogens is 587 g/mol. The number of nitrogens with zero attached hydrogens (tertiary/aromatic N) is 6. The van der Waals surface area contributed by atoms with Crippen LogP contribution in [0.4, 0.5) is 10.2 Å². The van der Waals surface area contributed by atoms with Crippen molar-refractivity contribution in [1.82, 2.24) is 25.0 Å². The molecule has 2 saturated heterocycles. The summed E-state index contributed by atoms with van der Waals surface area (Å²) in [4.78, 5) is 24.5. The number of hydrogen-bond acceptors (Lipinski definition) is 8. The highest BCUT2D eigenvalue weighted by molar-refractivity contribution is 6.74. The lowest BCUT2D eigenvalue weighted by Crippen LogP contribution is -2.62. The van der Waals surface area contributed by atoms with Gasteiger partial charge in [-0.3, -0.25) is 9.69 Å². The van der Waals surface area contributed by atoms with Crippen LogP contribution in [0.15, 0.2) is 24.5 Å². The van der Waals surface area contributed by atoms with E-state index in [-0.39, 0.29) is 39.6 Å². The highest BCUT2D eigenvalue weighted by atomic mass is 28.4. The summed E-state index contributed by atoms with van der Waals surface area (Å²) in [5.41, 5.74) is 0.354. The summed E-state index contributed by atoms with van der Waals surface area (Å²) in [5, 5.41) is 8.47. The number of likely N-dealkylation sites (tertiary alicyclic amines) is 1. The van der Waals surface area contributed by atoms with E-state index in [2.05, 4.69) is 72.7 Å². The summed E-state index contributed by atoms with van der Waals surface area (Å²) < 4.78 is 27.0. The van der Waals surface area contributed by atoms with Crippen LogP contribution >= 0.6 is 0 Å². The first-order valence-electron chi connectivity index (χ1n) is 16.7. The number of carbonyl (C=O) groups excluding carboxylic acids is 1. The van der Waals surface area contributed by atoms with Crippen molar-refractivity contribution in [1.29, 1.82) is 0 Å². The molecule has 1 atom stereocenters. The third-order valence-corrected chi connectivity index (χ3v) is 14.7. The van der Waals surface area contributed by atoms with Crippen molar-refractivity contribution < 1.29 is 18.3 Å². The monoisotopic (exact) mass is 642 g/mol. The molecule has 2 aliphatic heterocycles. The van der Waals surface area contributed by atoms with Crippen molar-refractivity contribution in [2.75, 3.05) is 44.2 Å². The molecule has 1 aromatic heterocycles. The van der Waals surface area contributed by atoms with E-state index < -0.39 is 14.1 Å². The van der Waals surface area contributed by atoms with Gasteiger partial charge in [-0.2, -0.15) is 0 Å². The zero-order valence-corrected chi connectivity index (χ0v) is 30.2. The van der Waals surface area contributed by atoms with Crippen LogP contribution in [-0.2, 0) is 4.43 Å². The van der Waals surface area contributed by atoms with Gasteiger partial charge in [-0.05, 0) is 82.3 Å². The number of hydrogen-bond donors (Lipinski definition) is 0. The molecule has 11 heteroatoms. The Balaban J connectivity index is 1.41. The standard InChI is InChI=1S/C34H55FN6O3Si/c1-11-41(25(4)5)32(42)27-19-26(35)14-15-29(27)44-31-30(36-23-37-38-31)39-17-16-34(20-39)21-40(22-34)28(24(2)3)13-12-18-43-45(9,10)33(6,7)8/h14-15,19,23-25,28H,11-13,16-18,20-22H2,1-10H3. The van der Waals surface area contributed by atoms with Crippen molar-refractivity contribution >= 4 is 20.0 Å². The summed E-state index contributed by atoms with van der Waals surface area (Å²) >= 11 is 0. The van der Waals surface area contributed by atoms with E-state index in [0.717, 1.165) is 52.0 Å². The van der Waals surface area contributed by atoms with Gasteiger partial charge in [0.25, 0.3) is 11.8 Å². The SMILES string of the molecule is CCN(C(=O)c1cc(F)ccc1Oc1nncnc1N1CCC2(C1)CN(C(CCCO[Si](C)(C)C(C)(C)C)C(C)C)C2)C(C)C. The molecule has 1 amide bonds. The molecule has 45 heavy (non-hydrogen) atoms. The lowest BCUT2D eigenvalue weighted by Gasteiger charge is -2.53. The number of carbonyl (C=O) groups is 1. The Morgan fingerprint density at radius 3 is 2.49 bits per heavy atom. The Kier molecular flexibility index (Phi) is 11.0. The fourth-order valence-corrected chi connectivity index (χ4v) is 7.59. The molecule has 1 spiro atoms. The number of benzene rings is 1. The van der Waals surface area contributed by atoms with Gasteiger partial charge in [-0.1, -0.05) is 34.6 Å². The average Bonchev–Trinajstić information content (AvgIpc) is 3.39. The number of anilines is 1. The molecule has 2 fully saturated rings. The predicted molar refractivity (Wildman–Crippen MR) is 180 cm³/mol. The van der Waals surface area contributed by atoms with Crippen LogP contribution < -0.4 is 9.64 Å². The smallest absolute Gasteiger partial charge is 0.282 e. The van der Waals surface area contributed by atoms with Crippen LogP contribution in [0.1, 0.15) is 85.0 Å². The number of rotatable bonds is 13. The van der Waals surface area contributed by atoms with Gasteiger partial charge in [-0.15, -0.1) is 10.2 Å². The van der Waals surface area contributed by atoms with Gasteiger partial charge in [0.2, 0.25) is 0 Å². The molecular formula is C34H55FN6O3Si. The Labute approximate surface area is 271 Å². The summed E-state index contributed by atoms with van der Waals surface area (Å²) in [6, 6.07) is 4.49. The third-order valence-electron chi connectivity index (χ3n) is 10.1. The maximum Gasteiger partial charge on any atom is 0.282 e. The maximum absolute atomic E-state index is 14.3. The molecule has 4 rings (SSSR count). The fourth-order valence-electron chi connectivity index (χ4n) is 6.50. The number of amides is 1. The van der Waals surface area contributed by atoms with Gasteiger partial charge in [-0.25, -0.2) is 9.37 Å². The Bertz CT molecular complexity index is 1310. The molecule has 0 N–H and O–H groups in total. The van der Waals surface area contributed by atoms with Crippen molar-refractivity contribution in [2.45, 2.75) is 105 Å². The van der Waals surface area contributed by atoms with E-state index in [1.165, 1.54) is 24.5 Å². The molecule has 1 unspecified atom stereocenters. The van der Waals surface area contributed by atoms with Crippen molar-refractivity contribution in [3.05, 3.63) is 35.9 Å². The largest absolute Gasteiger partial charge is 0.434 e. The van der Waals surface area contributed by atoms with Crippen LogP contribution in [-0.4, -0.2) is 90.6 Å². The van der Waals surface area contributed by atoms with Crippen molar-refractivity contribution in [3.8, 4) is 11.6 Å². The van der Waals surface area contributed by atoms with Crippen LogP contribution in [0.3, 0.4) is 0 Å². The van der Waals surface area contributed by atoms with Crippen molar-refractivity contribution in [2.24, 2.45) is 11.3 Å². The maximum atomic E-state index is 14.3. The van der Waals surface area contributed by atoms with Crippen LogP contribution in [0.25, 0.3) is 0 Å². The normalized spacial score (nSPS) is 17.7. The topological polar surface area (TPSA) is 83.9 Å². The summed E-state index contributed by atoms with van der Waals surface area (Å²) in [5.74, 6) is 0.849. The van der Waals surface area contributed by atoms with E-state index in [9.17, 15) is 9.18 Å². The molecule has 0 saturated carbocycles. The minimum absolute atomic E-state index is 0.0406. The summed E-state index contributed by atoms with van der Waals surface area (Å²) in [7, 11) is -1.72. The van der Waals surface area contributed by atoms with E-state index in [0.29, 0.717) is 24.3 Å². The third kappa shape index (κ3) is 8.03. The molecule has 0 bridgehead atoms. The van der Waals surface area contributed by atoms with Crippen LogP contribution in [0, 0.1) is 17.2 Å². The van der Waals surface area contributed by atoms with E-state index >= 15 is 0 Å². The molecule has 2 aliphatic rings. The first-order chi connectivity index (χ1) is 21.1. The van der Waals surface area contributed by atoms with Gasteiger partial charge >= 0.3 is 0 Å². The average molecular weight is 643 g/mol. The minimum Gasteiger partial charge on any atom is -0.434 e. The number of halogens is 1. The lowest BCUT2D eigenvalue weighted by atomic mass is 9.76. The quantitative estimate of drug-likeness (QED) is 0.170. The van der Waals surface area contributed by atoms with Gasteiger partial charge in [0, 0.05) is 56.8 Å². The first-order valence-corrected chi connectivity index (χ1v) is 19.6. The molecule has 0 aliphatic carbocycles. The molecule has 2 aromatic rings. The Morgan fingerprint density at radius 1 is 1.16 bits per heavy atom. The fraction of sp³-hybridized carbons (Fsp3) is 0.706. The molecule has 9 nitrogen and oxygen atoms in total. The first kappa shape index (κ1) is 35.2. The zero-order chi connectivity index (χ0) is 33.2. The van der Waals surface area contributed by atoms with E-state index in [1.54, 1.807) is 4.90 Å². The number of aromatic nitrogens is 3. The summed E-state index contributed by atoms with van der Waals surface area (Å²) in [6.45, 7) is 27.1. The second-order valence-corrected chi connectivity index (χ2v) is 20.0. The second-order valence-electron chi connectivity index (χ2n) is 15.2. The Hall–Kier alpha value is -2.63. The summed E-state index contributed by atoms with van der Waals surface area (Å²) in [6.07, 6.45) is 4.71. The molecule has 250 valence electrons. The highest BCUT2D eigenvalue weighted by Crippen LogP contribution is 2.45. The minimum atomic E-state index is -1.72.